The van der Waals surface area contributed by atoms with Crippen LogP contribution in [-0.2, 0) is 6.54 Å². The van der Waals surface area contributed by atoms with E-state index in [1.807, 2.05) is 24.3 Å². The lowest BCUT2D eigenvalue weighted by atomic mass is 10.2. The molecule has 0 bridgehead atoms. The molecule has 5 heteroatoms. The van der Waals surface area contributed by atoms with Crippen LogP contribution in [0.15, 0.2) is 36.5 Å². The Kier molecular flexibility index (Phi) is 3.89. The first kappa shape index (κ1) is 12.5. The van der Waals surface area contributed by atoms with Gasteiger partial charge in [0.25, 0.3) is 0 Å². The molecule has 0 atom stereocenters. The third-order valence-corrected chi connectivity index (χ3v) is 2.72. The molecule has 1 heterocycles. The topological polar surface area (TPSA) is 60.2 Å². The van der Waals surface area contributed by atoms with Crippen LogP contribution in [0.25, 0.3) is 0 Å². The molecule has 0 radical (unpaired) electrons. The van der Waals surface area contributed by atoms with E-state index in [9.17, 15) is 0 Å². The number of methoxy groups -OCH3 is 1. The first-order chi connectivity index (χ1) is 8.69. The minimum absolute atomic E-state index is 0.586. The molecule has 0 unspecified atom stereocenters. The van der Waals surface area contributed by atoms with E-state index in [4.69, 9.17) is 22.1 Å². The summed E-state index contributed by atoms with van der Waals surface area (Å²) in [5, 5.41) is 3.80. The van der Waals surface area contributed by atoms with E-state index in [1.54, 1.807) is 19.4 Å². The van der Waals surface area contributed by atoms with Crippen LogP contribution in [0.3, 0.4) is 0 Å². The van der Waals surface area contributed by atoms with Crippen LogP contribution in [0.4, 0.5) is 11.5 Å². The van der Waals surface area contributed by atoms with Gasteiger partial charge < -0.3 is 15.8 Å². The van der Waals surface area contributed by atoms with Crippen LogP contribution >= 0.6 is 11.6 Å². The smallest absolute Gasteiger partial charge is 0.126 e. The summed E-state index contributed by atoms with van der Waals surface area (Å²) < 4.78 is 5.27. The molecule has 1 aromatic heterocycles. The van der Waals surface area contributed by atoms with E-state index in [0.717, 1.165) is 17.1 Å². The van der Waals surface area contributed by atoms with Crippen LogP contribution < -0.4 is 15.8 Å². The fourth-order valence-corrected chi connectivity index (χ4v) is 1.71. The molecule has 4 nitrogen and oxygen atoms in total. The first-order valence-corrected chi connectivity index (χ1v) is 5.84. The molecule has 0 amide bonds. The van der Waals surface area contributed by atoms with Crippen LogP contribution in [0.2, 0.25) is 5.02 Å². The van der Waals surface area contributed by atoms with Crippen molar-refractivity contribution in [2.75, 3.05) is 18.2 Å². The number of hydrogen-bond donors (Lipinski definition) is 2. The number of nitrogens with two attached hydrogens (primary N) is 1. The highest BCUT2D eigenvalue weighted by Gasteiger charge is 2.03. The number of rotatable bonds is 4. The predicted molar refractivity (Wildman–Crippen MR) is 74.0 cm³/mol. The summed E-state index contributed by atoms with van der Waals surface area (Å²) in [6.45, 7) is 0.586. The number of hydrogen-bond acceptors (Lipinski definition) is 4. The van der Waals surface area contributed by atoms with Gasteiger partial charge in [0.05, 0.1) is 12.1 Å². The Bertz CT molecular complexity index is 528. The van der Waals surface area contributed by atoms with E-state index in [2.05, 4.69) is 10.3 Å². The monoisotopic (exact) mass is 263 g/mol. The van der Waals surface area contributed by atoms with Crippen molar-refractivity contribution in [2.45, 2.75) is 6.54 Å². The van der Waals surface area contributed by atoms with Crippen LogP contribution in [0.1, 0.15) is 5.56 Å². The Morgan fingerprint density at radius 2 is 2.17 bits per heavy atom. The molecule has 0 aliphatic heterocycles. The highest BCUT2D eigenvalue weighted by Crippen LogP contribution is 2.22. The van der Waals surface area contributed by atoms with Gasteiger partial charge in [-0.1, -0.05) is 11.6 Å². The van der Waals surface area contributed by atoms with E-state index >= 15 is 0 Å². The lowest BCUT2D eigenvalue weighted by Gasteiger charge is -2.10. The summed E-state index contributed by atoms with van der Waals surface area (Å²) in [4.78, 5) is 4.16. The lowest BCUT2D eigenvalue weighted by molar-refractivity contribution is 0.410. The summed E-state index contributed by atoms with van der Waals surface area (Å²) in [6, 6.07) is 9.14. The van der Waals surface area contributed by atoms with Crippen molar-refractivity contribution in [3.63, 3.8) is 0 Å². The summed E-state index contributed by atoms with van der Waals surface area (Å²) >= 11 is 5.77. The Morgan fingerprint density at radius 3 is 2.83 bits per heavy atom. The van der Waals surface area contributed by atoms with Crippen molar-refractivity contribution >= 4 is 23.1 Å². The molecule has 18 heavy (non-hydrogen) atoms. The maximum absolute atomic E-state index is 5.77. The molecule has 0 saturated heterocycles. The maximum atomic E-state index is 5.77. The first-order valence-electron chi connectivity index (χ1n) is 5.47. The molecule has 0 saturated carbocycles. The minimum Gasteiger partial charge on any atom is -0.496 e. The van der Waals surface area contributed by atoms with Crippen molar-refractivity contribution in [3.8, 4) is 5.75 Å². The highest BCUT2D eigenvalue weighted by atomic mass is 35.5. The Hall–Kier alpha value is -1.94. The van der Waals surface area contributed by atoms with Gasteiger partial charge in [0.1, 0.15) is 11.6 Å². The average molecular weight is 264 g/mol. The van der Waals surface area contributed by atoms with Crippen molar-refractivity contribution in [2.24, 2.45) is 0 Å². The number of benzene rings is 1. The summed E-state index contributed by atoms with van der Waals surface area (Å²) in [6.07, 6.45) is 1.60. The van der Waals surface area contributed by atoms with Crippen molar-refractivity contribution < 1.29 is 4.74 Å². The van der Waals surface area contributed by atoms with Crippen LogP contribution in [-0.4, -0.2) is 12.1 Å². The minimum atomic E-state index is 0.586. The number of nitrogens with zero attached hydrogens (tertiary/aromatic N) is 1. The molecule has 0 aliphatic rings. The molecule has 0 aliphatic carbocycles. The van der Waals surface area contributed by atoms with Crippen LogP contribution in [0, 0.1) is 0 Å². The summed E-state index contributed by atoms with van der Waals surface area (Å²) in [5.41, 5.74) is 7.44. The largest absolute Gasteiger partial charge is 0.496 e. The molecular weight excluding hydrogens is 250 g/mol. The molecule has 94 valence electrons. The van der Waals surface area contributed by atoms with E-state index in [1.165, 1.54) is 0 Å². The molecule has 3 N–H and O–H groups in total. The second-order valence-corrected chi connectivity index (χ2v) is 4.22. The fraction of sp³-hybridized carbons (Fsp3) is 0.154. The Morgan fingerprint density at radius 1 is 1.33 bits per heavy atom. The molecule has 2 rings (SSSR count). The standard InChI is InChI=1S/C13H14ClN3O/c1-18-12-4-3-11(15)6-9(12)7-16-13-5-2-10(14)8-17-13/h2-6,8H,7,15H2,1H3,(H,16,17). The molecule has 0 fully saturated rings. The third-order valence-electron chi connectivity index (χ3n) is 2.49. The zero-order valence-electron chi connectivity index (χ0n) is 9.98. The second-order valence-electron chi connectivity index (χ2n) is 3.79. The van der Waals surface area contributed by atoms with E-state index in [-0.39, 0.29) is 0 Å². The van der Waals surface area contributed by atoms with Gasteiger partial charge in [0.15, 0.2) is 0 Å². The third kappa shape index (κ3) is 3.05. The zero-order valence-corrected chi connectivity index (χ0v) is 10.7. The normalized spacial score (nSPS) is 10.1. The Labute approximate surface area is 111 Å². The average Bonchev–Trinajstić information content (AvgIpc) is 2.38. The van der Waals surface area contributed by atoms with Gasteiger partial charge in [-0.25, -0.2) is 4.98 Å². The number of nitrogen functional groups attached to an aromatic ring is 1. The predicted octanol–water partition coefficient (Wildman–Crippen LogP) is 2.94. The summed E-state index contributed by atoms with van der Waals surface area (Å²) in [5.74, 6) is 1.55. The van der Waals surface area contributed by atoms with Crippen LogP contribution in [0.5, 0.6) is 5.75 Å². The number of pyridine rings is 1. The molecule has 0 spiro atoms. The zero-order chi connectivity index (χ0) is 13.0. The molecule has 1 aromatic carbocycles. The van der Waals surface area contributed by atoms with Gasteiger partial charge in [-0.05, 0) is 30.3 Å². The van der Waals surface area contributed by atoms with Crippen molar-refractivity contribution in [3.05, 3.63) is 47.1 Å². The highest BCUT2D eigenvalue weighted by molar-refractivity contribution is 6.30. The van der Waals surface area contributed by atoms with Gasteiger partial charge in [-0.15, -0.1) is 0 Å². The maximum Gasteiger partial charge on any atom is 0.126 e. The van der Waals surface area contributed by atoms with E-state index in [0.29, 0.717) is 17.3 Å². The second kappa shape index (κ2) is 5.60. The summed E-state index contributed by atoms with van der Waals surface area (Å²) in [7, 11) is 1.63. The number of halogens is 1. The lowest BCUT2D eigenvalue weighted by Crippen LogP contribution is -2.03. The Balaban J connectivity index is 2.09. The quantitative estimate of drug-likeness (QED) is 0.833. The molecule has 2 aromatic rings. The van der Waals surface area contributed by atoms with Crippen molar-refractivity contribution in [1.82, 2.24) is 4.98 Å². The van der Waals surface area contributed by atoms with Gasteiger partial charge >= 0.3 is 0 Å². The van der Waals surface area contributed by atoms with Gasteiger partial charge in [-0.2, -0.15) is 0 Å². The number of anilines is 2. The number of aromatic nitrogens is 1. The number of ether oxygens (including phenoxy) is 1. The van der Waals surface area contributed by atoms with Gasteiger partial charge in [-0.3, -0.25) is 0 Å². The fourth-order valence-electron chi connectivity index (χ4n) is 1.60. The SMILES string of the molecule is COc1ccc(N)cc1CNc1ccc(Cl)cn1. The molecular formula is C13H14ClN3O. The van der Waals surface area contributed by atoms with Crippen molar-refractivity contribution in [1.29, 1.82) is 0 Å². The van der Waals surface area contributed by atoms with Gasteiger partial charge in [0.2, 0.25) is 0 Å². The van der Waals surface area contributed by atoms with Gasteiger partial charge in [0, 0.05) is 24.0 Å². The number of nitrogens with one attached hydrogen (secondary N) is 1. The van der Waals surface area contributed by atoms with E-state index < -0.39 is 0 Å².